The van der Waals surface area contributed by atoms with E-state index in [4.69, 9.17) is 9.47 Å². The Kier molecular flexibility index (Phi) is 8.00. The van der Waals surface area contributed by atoms with Gasteiger partial charge in [0.2, 0.25) is 0 Å². The molecule has 0 aliphatic carbocycles. The fraction of sp³-hybridized carbons (Fsp3) is 0.632. The second-order valence-corrected chi connectivity index (χ2v) is 7.10. The van der Waals surface area contributed by atoms with E-state index in [2.05, 4.69) is 10.2 Å². The maximum Gasteiger partial charge on any atom is 0.251 e. The Bertz CT molecular complexity index is 596. The maximum atomic E-state index is 12.4. The van der Waals surface area contributed by atoms with E-state index in [9.17, 15) is 15.0 Å². The van der Waals surface area contributed by atoms with Crippen LogP contribution >= 0.6 is 0 Å². The van der Waals surface area contributed by atoms with Crippen molar-refractivity contribution < 1.29 is 24.5 Å². The largest absolute Gasteiger partial charge is 0.497 e. The summed E-state index contributed by atoms with van der Waals surface area (Å²) in [7, 11) is 7.46. The van der Waals surface area contributed by atoms with Crippen molar-refractivity contribution in [1.82, 2.24) is 15.1 Å². The lowest BCUT2D eigenvalue weighted by molar-refractivity contribution is -0.0209. The molecule has 2 rings (SSSR count). The fourth-order valence-electron chi connectivity index (χ4n) is 3.23. The predicted molar refractivity (Wildman–Crippen MR) is 102 cm³/mol. The Morgan fingerprint density at radius 1 is 1.19 bits per heavy atom. The second-order valence-electron chi connectivity index (χ2n) is 7.10. The SMILES string of the molecule is COc1ccc(C(=O)NCC2OC(CO)C(O)C2N(C)CCN(C)C)cc1. The number of nitrogens with one attached hydrogen (secondary N) is 1. The molecule has 8 heteroatoms. The van der Waals surface area contributed by atoms with Gasteiger partial charge in [0.1, 0.15) is 18.0 Å². The van der Waals surface area contributed by atoms with Crippen molar-refractivity contribution in [1.29, 1.82) is 0 Å². The number of carbonyl (C=O) groups excluding carboxylic acids is 1. The first-order chi connectivity index (χ1) is 12.9. The van der Waals surface area contributed by atoms with Crippen LogP contribution in [0.2, 0.25) is 0 Å². The molecule has 4 atom stereocenters. The Hall–Kier alpha value is -1.71. The fourth-order valence-corrected chi connectivity index (χ4v) is 3.23. The molecule has 0 aromatic heterocycles. The van der Waals surface area contributed by atoms with E-state index in [1.54, 1.807) is 31.4 Å². The van der Waals surface area contributed by atoms with Gasteiger partial charge in [0, 0.05) is 25.2 Å². The van der Waals surface area contributed by atoms with Gasteiger partial charge in [-0.15, -0.1) is 0 Å². The summed E-state index contributed by atoms with van der Waals surface area (Å²) >= 11 is 0. The number of benzene rings is 1. The summed E-state index contributed by atoms with van der Waals surface area (Å²) in [5.74, 6) is 0.458. The van der Waals surface area contributed by atoms with E-state index in [1.807, 2.05) is 26.0 Å². The van der Waals surface area contributed by atoms with Crippen LogP contribution in [0.25, 0.3) is 0 Å². The Morgan fingerprint density at radius 3 is 2.41 bits per heavy atom. The number of amides is 1. The Morgan fingerprint density at radius 2 is 1.85 bits per heavy atom. The summed E-state index contributed by atoms with van der Waals surface area (Å²) < 4.78 is 10.9. The molecule has 4 unspecified atom stereocenters. The van der Waals surface area contributed by atoms with Crippen LogP contribution < -0.4 is 10.1 Å². The van der Waals surface area contributed by atoms with Gasteiger partial charge in [-0.25, -0.2) is 0 Å². The molecule has 152 valence electrons. The summed E-state index contributed by atoms with van der Waals surface area (Å²) in [6.07, 6.45) is -1.88. The van der Waals surface area contributed by atoms with E-state index < -0.39 is 18.3 Å². The molecule has 0 bridgehead atoms. The molecule has 0 radical (unpaired) electrons. The average molecular weight is 381 g/mol. The number of carbonyl (C=O) groups is 1. The van der Waals surface area contributed by atoms with Crippen LogP contribution in [0, 0.1) is 0 Å². The molecule has 8 nitrogen and oxygen atoms in total. The smallest absolute Gasteiger partial charge is 0.251 e. The molecule has 27 heavy (non-hydrogen) atoms. The van der Waals surface area contributed by atoms with Gasteiger partial charge in [-0.3, -0.25) is 9.69 Å². The second kappa shape index (κ2) is 10.0. The molecular weight excluding hydrogens is 350 g/mol. The zero-order valence-electron chi connectivity index (χ0n) is 16.5. The van der Waals surface area contributed by atoms with Crippen molar-refractivity contribution in [2.24, 2.45) is 0 Å². The van der Waals surface area contributed by atoms with Gasteiger partial charge in [-0.2, -0.15) is 0 Å². The third kappa shape index (κ3) is 5.63. The number of hydrogen-bond donors (Lipinski definition) is 3. The minimum Gasteiger partial charge on any atom is -0.497 e. The zero-order chi connectivity index (χ0) is 20.0. The Balaban J connectivity index is 1.99. The first-order valence-electron chi connectivity index (χ1n) is 9.09. The molecule has 1 aliphatic heterocycles. The first-order valence-corrected chi connectivity index (χ1v) is 9.09. The number of aliphatic hydroxyl groups excluding tert-OH is 2. The number of rotatable bonds is 9. The topological polar surface area (TPSA) is 94.5 Å². The van der Waals surface area contributed by atoms with Crippen LogP contribution in [0.4, 0.5) is 0 Å². The van der Waals surface area contributed by atoms with Gasteiger partial charge in [-0.05, 0) is 45.4 Å². The van der Waals surface area contributed by atoms with Gasteiger partial charge < -0.3 is 29.9 Å². The molecule has 1 aliphatic rings. The number of aliphatic hydroxyl groups is 2. The predicted octanol–water partition coefficient (Wildman–Crippen LogP) is -0.592. The van der Waals surface area contributed by atoms with E-state index >= 15 is 0 Å². The maximum absolute atomic E-state index is 12.4. The number of nitrogens with zero attached hydrogens (tertiary/aromatic N) is 2. The molecule has 0 spiro atoms. The third-order valence-electron chi connectivity index (χ3n) is 4.87. The van der Waals surface area contributed by atoms with Gasteiger partial charge >= 0.3 is 0 Å². The standard InChI is InChI=1S/C19H31N3O5/c1-21(2)9-10-22(3)17-15(27-16(12-23)18(17)24)11-20-19(25)13-5-7-14(26-4)8-6-13/h5-8,15-18,23-24H,9-12H2,1-4H3,(H,20,25). The van der Waals surface area contributed by atoms with Crippen molar-refractivity contribution in [3.63, 3.8) is 0 Å². The summed E-state index contributed by atoms with van der Waals surface area (Å²) in [4.78, 5) is 16.5. The van der Waals surface area contributed by atoms with E-state index in [1.165, 1.54) is 0 Å². The van der Waals surface area contributed by atoms with Gasteiger partial charge in [0.15, 0.2) is 0 Å². The highest BCUT2D eigenvalue weighted by Gasteiger charge is 2.45. The van der Waals surface area contributed by atoms with Crippen LogP contribution in [0.15, 0.2) is 24.3 Å². The number of methoxy groups -OCH3 is 1. The molecular formula is C19H31N3O5. The summed E-state index contributed by atoms with van der Waals surface area (Å²) in [6.45, 7) is 1.55. The van der Waals surface area contributed by atoms with E-state index in [-0.39, 0.29) is 25.1 Å². The van der Waals surface area contributed by atoms with Crippen LogP contribution in [0.5, 0.6) is 5.75 Å². The number of ether oxygens (including phenoxy) is 2. The quantitative estimate of drug-likeness (QED) is 0.526. The summed E-state index contributed by atoms with van der Waals surface area (Å²) in [5.41, 5.74) is 0.519. The van der Waals surface area contributed by atoms with Crippen LogP contribution in [0.1, 0.15) is 10.4 Å². The van der Waals surface area contributed by atoms with Gasteiger partial charge in [0.25, 0.3) is 5.91 Å². The highest BCUT2D eigenvalue weighted by Crippen LogP contribution is 2.25. The van der Waals surface area contributed by atoms with Crippen LogP contribution in [-0.4, -0.2) is 105 Å². The number of likely N-dealkylation sites (N-methyl/N-ethyl adjacent to an activating group) is 2. The van der Waals surface area contributed by atoms with Crippen LogP contribution in [-0.2, 0) is 4.74 Å². The van der Waals surface area contributed by atoms with Crippen LogP contribution in [0.3, 0.4) is 0 Å². The van der Waals surface area contributed by atoms with Gasteiger partial charge in [-0.1, -0.05) is 0 Å². The van der Waals surface area contributed by atoms with E-state index in [0.717, 1.165) is 13.1 Å². The lowest BCUT2D eigenvalue weighted by Gasteiger charge is -2.31. The van der Waals surface area contributed by atoms with Gasteiger partial charge in [0.05, 0.1) is 25.9 Å². The highest BCUT2D eigenvalue weighted by atomic mass is 16.5. The molecule has 1 aromatic rings. The first kappa shape index (κ1) is 21.6. The van der Waals surface area contributed by atoms with Crippen molar-refractivity contribution in [3.05, 3.63) is 29.8 Å². The molecule has 1 heterocycles. The molecule has 1 saturated heterocycles. The lowest BCUT2D eigenvalue weighted by Crippen LogP contribution is -2.51. The minimum atomic E-state index is -0.815. The van der Waals surface area contributed by atoms with E-state index in [0.29, 0.717) is 11.3 Å². The van der Waals surface area contributed by atoms with Crippen molar-refractivity contribution >= 4 is 5.91 Å². The monoisotopic (exact) mass is 381 g/mol. The zero-order valence-corrected chi connectivity index (χ0v) is 16.5. The molecule has 0 saturated carbocycles. The minimum absolute atomic E-state index is 0.224. The van der Waals surface area contributed by atoms with Crippen molar-refractivity contribution in [3.8, 4) is 5.75 Å². The van der Waals surface area contributed by atoms with Crippen molar-refractivity contribution in [2.45, 2.75) is 24.4 Å². The highest BCUT2D eigenvalue weighted by molar-refractivity contribution is 5.94. The normalized spacial score (nSPS) is 25.2. The third-order valence-corrected chi connectivity index (χ3v) is 4.87. The average Bonchev–Trinajstić information content (AvgIpc) is 2.99. The molecule has 1 aromatic carbocycles. The molecule has 3 N–H and O–H groups in total. The molecule has 1 fully saturated rings. The summed E-state index contributed by atoms with van der Waals surface area (Å²) in [6, 6.07) is 6.53. The van der Waals surface area contributed by atoms with Crippen molar-refractivity contribution in [2.75, 3.05) is 54.5 Å². The molecule has 1 amide bonds. The lowest BCUT2D eigenvalue weighted by atomic mass is 10.0. The number of hydrogen-bond acceptors (Lipinski definition) is 7. The summed E-state index contributed by atoms with van der Waals surface area (Å²) in [5, 5.41) is 22.9. The Labute approximate surface area is 160 Å².